The summed E-state index contributed by atoms with van der Waals surface area (Å²) in [6, 6.07) is 12.4. The van der Waals surface area contributed by atoms with Crippen molar-refractivity contribution in [2.75, 3.05) is 0 Å². The molecular weight excluding hydrogens is 564 g/mol. The number of Topliss-reactive ketones (excluding diaryl/α,β-unsaturated/α-hetero) is 1. The highest BCUT2D eigenvalue weighted by molar-refractivity contribution is 7.13. The van der Waals surface area contributed by atoms with E-state index >= 15 is 4.39 Å². The molecule has 42 heavy (non-hydrogen) atoms. The molecule has 0 amide bonds. The smallest absolute Gasteiger partial charge is 0.335 e. The summed E-state index contributed by atoms with van der Waals surface area (Å²) in [6.07, 6.45) is 6.05. The molecule has 0 bridgehead atoms. The Labute approximate surface area is 240 Å². The number of halogens is 2. The minimum absolute atomic E-state index is 0.0612. The summed E-state index contributed by atoms with van der Waals surface area (Å²) in [6.45, 7) is 1.88. The van der Waals surface area contributed by atoms with E-state index in [4.69, 9.17) is 4.74 Å². The number of pyridine rings is 1. The third kappa shape index (κ3) is 5.03. The fourth-order valence-electron chi connectivity index (χ4n) is 4.55. The van der Waals surface area contributed by atoms with Crippen molar-refractivity contribution >= 4 is 22.6 Å². The Morgan fingerprint density at radius 2 is 1.81 bits per heavy atom. The first-order chi connectivity index (χ1) is 20.3. The van der Waals surface area contributed by atoms with Gasteiger partial charge in [0, 0.05) is 37.1 Å². The summed E-state index contributed by atoms with van der Waals surface area (Å²) in [5.74, 6) is -1.53. The Kier molecular flexibility index (Phi) is 7.05. The fraction of sp³-hybridized carbons (Fsp3) is 0.100. The molecule has 0 aliphatic heterocycles. The van der Waals surface area contributed by atoms with Gasteiger partial charge in [0.2, 0.25) is 0 Å². The fourth-order valence-corrected chi connectivity index (χ4v) is 5.15. The number of ketones is 1. The summed E-state index contributed by atoms with van der Waals surface area (Å²) < 4.78 is 38.3. The number of fused-ring (bicyclic) bond motifs is 1. The van der Waals surface area contributed by atoms with Crippen LogP contribution < -0.4 is 16.0 Å². The first-order valence-electron chi connectivity index (χ1n) is 12.8. The highest BCUT2D eigenvalue weighted by Crippen LogP contribution is 2.34. The second-order valence-electron chi connectivity index (χ2n) is 9.31. The van der Waals surface area contributed by atoms with Gasteiger partial charge in [-0.25, -0.2) is 22.7 Å². The number of ether oxygens (including phenoxy) is 1. The summed E-state index contributed by atoms with van der Waals surface area (Å²) in [5.41, 5.74) is 1.82. The van der Waals surface area contributed by atoms with Gasteiger partial charge < -0.3 is 4.74 Å². The van der Waals surface area contributed by atoms with Crippen molar-refractivity contribution < 1.29 is 18.3 Å². The van der Waals surface area contributed by atoms with E-state index in [1.54, 1.807) is 41.5 Å². The first kappa shape index (κ1) is 27.0. The third-order valence-corrected chi connectivity index (χ3v) is 7.47. The lowest BCUT2D eigenvalue weighted by Gasteiger charge is -2.12. The van der Waals surface area contributed by atoms with Gasteiger partial charge in [0.1, 0.15) is 16.9 Å². The Bertz CT molecular complexity index is 2070. The minimum Gasteiger partial charge on any atom is -0.452 e. The number of carbonyl (C=O) groups is 1. The maximum atomic E-state index is 15.2. The Hall–Kier alpha value is -5.23. The molecule has 0 N–H and O–H groups in total. The number of aromatic nitrogens is 5. The number of nitrogens with zero attached hydrogens (tertiary/aromatic N) is 5. The average Bonchev–Trinajstić information content (AvgIpc) is 3.68. The van der Waals surface area contributed by atoms with E-state index in [9.17, 15) is 18.8 Å². The van der Waals surface area contributed by atoms with Crippen LogP contribution in [0.25, 0.3) is 21.6 Å². The molecule has 12 heteroatoms. The van der Waals surface area contributed by atoms with Crippen molar-refractivity contribution in [3.05, 3.63) is 128 Å². The summed E-state index contributed by atoms with van der Waals surface area (Å²) in [4.78, 5) is 44.3. The molecule has 0 fully saturated rings. The first-order valence-corrected chi connectivity index (χ1v) is 13.7. The molecule has 0 aliphatic carbocycles. The van der Waals surface area contributed by atoms with Gasteiger partial charge in [-0.1, -0.05) is 6.07 Å². The quantitative estimate of drug-likeness (QED) is 0.225. The van der Waals surface area contributed by atoms with Gasteiger partial charge in [-0.2, -0.15) is 5.10 Å². The van der Waals surface area contributed by atoms with Gasteiger partial charge in [-0.3, -0.25) is 19.1 Å². The zero-order valence-electron chi connectivity index (χ0n) is 22.0. The van der Waals surface area contributed by atoms with Crippen LogP contribution in [0.3, 0.4) is 0 Å². The van der Waals surface area contributed by atoms with Crippen LogP contribution in [0.1, 0.15) is 22.8 Å². The number of hydrogen-bond donors (Lipinski definition) is 0. The molecule has 0 radical (unpaired) electrons. The highest BCUT2D eigenvalue weighted by atomic mass is 32.1. The number of benzene rings is 2. The number of aryl methyl sites for hydroxylation is 1. The van der Waals surface area contributed by atoms with Crippen LogP contribution in [-0.4, -0.2) is 29.5 Å². The average molecular weight is 586 g/mol. The maximum Gasteiger partial charge on any atom is 0.335 e. The molecule has 2 aromatic carbocycles. The van der Waals surface area contributed by atoms with Crippen LogP contribution in [0, 0.1) is 11.6 Å². The molecular formula is C30H21F2N5O4S. The van der Waals surface area contributed by atoms with Gasteiger partial charge in [0.15, 0.2) is 23.1 Å². The van der Waals surface area contributed by atoms with Crippen LogP contribution >= 0.6 is 11.3 Å². The van der Waals surface area contributed by atoms with E-state index in [2.05, 4.69) is 10.1 Å². The van der Waals surface area contributed by atoms with E-state index in [0.29, 0.717) is 16.8 Å². The lowest BCUT2D eigenvalue weighted by Crippen LogP contribution is -2.41. The van der Waals surface area contributed by atoms with Gasteiger partial charge in [-0.15, -0.1) is 11.3 Å². The second-order valence-corrected chi connectivity index (χ2v) is 10.2. The molecule has 0 spiro atoms. The highest BCUT2D eigenvalue weighted by Gasteiger charge is 2.20. The van der Waals surface area contributed by atoms with Crippen LogP contribution in [0.15, 0.2) is 94.5 Å². The van der Waals surface area contributed by atoms with E-state index < -0.39 is 28.7 Å². The van der Waals surface area contributed by atoms with Crippen LogP contribution in [0.2, 0.25) is 0 Å². The van der Waals surface area contributed by atoms with E-state index in [-0.39, 0.29) is 30.0 Å². The second kappa shape index (κ2) is 11.0. The summed E-state index contributed by atoms with van der Waals surface area (Å²) >= 11 is 1.44. The van der Waals surface area contributed by atoms with Gasteiger partial charge in [-0.05, 0) is 61.0 Å². The van der Waals surface area contributed by atoms with E-state index in [0.717, 1.165) is 27.1 Å². The predicted molar refractivity (Wildman–Crippen MR) is 153 cm³/mol. The molecule has 4 heterocycles. The Balaban J connectivity index is 1.29. The predicted octanol–water partition coefficient (Wildman–Crippen LogP) is 5.29. The zero-order chi connectivity index (χ0) is 29.4. The lowest BCUT2D eigenvalue weighted by atomic mass is 10.0. The zero-order valence-corrected chi connectivity index (χ0v) is 22.8. The van der Waals surface area contributed by atoms with Gasteiger partial charge in [0.05, 0.1) is 22.3 Å². The van der Waals surface area contributed by atoms with Crippen molar-refractivity contribution in [3.63, 3.8) is 0 Å². The maximum absolute atomic E-state index is 15.2. The van der Waals surface area contributed by atoms with Gasteiger partial charge >= 0.3 is 5.69 Å². The number of carbonyl (C=O) groups excluding carboxylic acids is 1. The Morgan fingerprint density at radius 1 is 1.00 bits per heavy atom. The summed E-state index contributed by atoms with van der Waals surface area (Å²) in [5, 5.41) is 4.27. The van der Waals surface area contributed by atoms with Crippen molar-refractivity contribution in [1.82, 2.24) is 23.7 Å². The summed E-state index contributed by atoms with van der Waals surface area (Å²) in [7, 11) is 0. The molecule has 4 aromatic heterocycles. The largest absolute Gasteiger partial charge is 0.452 e. The number of rotatable bonds is 8. The lowest BCUT2D eigenvalue weighted by molar-refractivity contribution is 0.0990. The molecule has 210 valence electrons. The molecule has 9 nitrogen and oxygen atoms in total. The molecule has 6 rings (SSSR count). The standard InChI is InChI=1S/C30H21F2N5O4S/c1-2-35-16-22(29(39)37(30(35)40)21-6-4-20(31)5-7-21)25(38)12-18-3-8-26(23(32)11-18)41-27-13-19(28-14-33-17-42-28)15-36-24(27)9-10-34-36/h3-11,13-17H,2,12H2,1H3. The molecule has 0 aliphatic rings. The normalized spacial score (nSPS) is 11.2. The molecule has 6 aromatic rings. The molecule has 0 unspecified atom stereocenters. The molecule has 0 saturated carbocycles. The van der Waals surface area contributed by atoms with Crippen molar-refractivity contribution in [2.24, 2.45) is 0 Å². The van der Waals surface area contributed by atoms with Crippen LogP contribution in [-0.2, 0) is 13.0 Å². The molecule has 0 saturated heterocycles. The number of hydrogen-bond acceptors (Lipinski definition) is 7. The minimum atomic E-state index is -0.840. The van der Waals surface area contributed by atoms with Crippen LogP contribution in [0.5, 0.6) is 11.5 Å². The van der Waals surface area contributed by atoms with Crippen molar-refractivity contribution in [2.45, 2.75) is 19.9 Å². The topological polar surface area (TPSA) is 100 Å². The Morgan fingerprint density at radius 3 is 2.52 bits per heavy atom. The molecule has 0 atom stereocenters. The van der Waals surface area contributed by atoms with Crippen LogP contribution in [0.4, 0.5) is 8.78 Å². The SMILES string of the molecule is CCn1cc(C(=O)Cc2ccc(Oc3cc(-c4cncs4)cn4nccc34)c(F)c2)c(=O)n(-c2ccc(F)cc2)c1=O. The monoisotopic (exact) mass is 585 g/mol. The van der Waals surface area contributed by atoms with E-state index in [1.807, 2.05) is 6.20 Å². The van der Waals surface area contributed by atoms with Gasteiger partial charge in [0.25, 0.3) is 5.56 Å². The number of thiazole rings is 1. The van der Waals surface area contributed by atoms with Crippen molar-refractivity contribution in [3.8, 4) is 27.6 Å². The third-order valence-electron chi connectivity index (χ3n) is 6.65. The van der Waals surface area contributed by atoms with E-state index in [1.165, 1.54) is 52.4 Å². The van der Waals surface area contributed by atoms with Crippen molar-refractivity contribution in [1.29, 1.82) is 0 Å².